The number of nitrogens with zero attached hydrogens (tertiary/aromatic N) is 2. The maximum absolute atomic E-state index is 13.5. The predicted octanol–water partition coefficient (Wildman–Crippen LogP) is 2.69. The van der Waals surface area contributed by atoms with Crippen molar-refractivity contribution >= 4 is 5.69 Å². The largest absolute Gasteiger partial charge is 0.313 e. The second kappa shape index (κ2) is 8.63. The summed E-state index contributed by atoms with van der Waals surface area (Å²) in [5.41, 5.74) is -0.595. The summed E-state index contributed by atoms with van der Waals surface area (Å²) in [5.74, 6) is -1.92. The Bertz CT molecular complexity index is 480. The molecule has 0 bridgehead atoms. The molecular formula is C14H21F2N3O2. The van der Waals surface area contributed by atoms with E-state index in [1.54, 1.807) is 0 Å². The first kappa shape index (κ1) is 17.5. The summed E-state index contributed by atoms with van der Waals surface area (Å²) in [5, 5.41) is 13.6. The number of hydrogen-bond donors (Lipinski definition) is 1. The zero-order valence-electron chi connectivity index (χ0n) is 12.4. The second-order valence-electron chi connectivity index (χ2n) is 4.71. The lowest BCUT2D eigenvalue weighted by molar-refractivity contribution is -0.387. The molecule has 1 aromatic carbocycles. The molecule has 0 radical (unpaired) electrons. The van der Waals surface area contributed by atoms with Crippen LogP contribution in [0.4, 0.5) is 14.5 Å². The van der Waals surface area contributed by atoms with Crippen molar-refractivity contribution < 1.29 is 13.7 Å². The first-order valence-electron chi connectivity index (χ1n) is 7.04. The highest BCUT2D eigenvalue weighted by Crippen LogP contribution is 2.21. The van der Waals surface area contributed by atoms with Gasteiger partial charge in [-0.2, -0.15) is 4.39 Å². The molecule has 0 unspecified atom stereocenters. The highest BCUT2D eigenvalue weighted by atomic mass is 19.1. The van der Waals surface area contributed by atoms with Gasteiger partial charge in [0.15, 0.2) is 0 Å². The van der Waals surface area contributed by atoms with E-state index in [0.29, 0.717) is 12.6 Å². The van der Waals surface area contributed by atoms with Crippen LogP contribution in [0, 0.1) is 21.7 Å². The molecule has 0 saturated heterocycles. The quantitative estimate of drug-likeness (QED) is 0.433. The molecule has 0 aliphatic carbocycles. The fourth-order valence-electron chi connectivity index (χ4n) is 2.05. The van der Waals surface area contributed by atoms with Crippen LogP contribution in [-0.4, -0.2) is 36.0 Å². The van der Waals surface area contributed by atoms with Crippen molar-refractivity contribution in [1.82, 2.24) is 10.2 Å². The van der Waals surface area contributed by atoms with Crippen LogP contribution in [-0.2, 0) is 6.54 Å². The van der Waals surface area contributed by atoms with E-state index in [1.165, 1.54) is 0 Å². The molecule has 0 heterocycles. The molecule has 5 nitrogen and oxygen atoms in total. The van der Waals surface area contributed by atoms with Gasteiger partial charge in [-0.3, -0.25) is 10.1 Å². The van der Waals surface area contributed by atoms with Crippen molar-refractivity contribution in [1.29, 1.82) is 0 Å². The van der Waals surface area contributed by atoms with Gasteiger partial charge in [0.25, 0.3) is 0 Å². The van der Waals surface area contributed by atoms with Crippen LogP contribution in [0.3, 0.4) is 0 Å². The molecule has 0 aromatic heterocycles. The smallest absolute Gasteiger partial charge is 0.305 e. The Kier molecular flexibility index (Phi) is 7.18. The number of nitrogens with one attached hydrogen (secondary N) is 1. The Labute approximate surface area is 123 Å². The van der Waals surface area contributed by atoms with Crippen molar-refractivity contribution in [3.05, 3.63) is 39.4 Å². The Hall–Kier alpha value is -1.60. The highest BCUT2D eigenvalue weighted by molar-refractivity contribution is 5.37. The minimum absolute atomic E-state index is 0.103. The number of nitro benzene ring substituents is 1. The summed E-state index contributed by atoms with van der Waals surface area (Å²) in [4.78, 5) is 12.0. The van der Waals surface area contributed by atoms with E-state index < -0.39 is 22.2 Å². The Morgan fingerprint density at radius 3 is 2.48 bits per heavy atom. The van der Waals surface area contributed by atoms with Gasteiger partial charge in [-0.25, -0.2) is 4.39 Å². The van der Waals surface area contributed by atoms with Crippen molar-refractivity contribution in [3.63, 3.8) is 0 Å². The molecule has 7 heteroatoms. The van der Waals surface area contributed by atoms with Gasteiger partial charge in [-0.1, -0.05) is 13.8 Å². The van der Waals surface area contributed by atoms with Crippen LogP contribution in [0.25, 0.3) is 0 Å². The standard InChI is InChI=1S/C14H21F2N3O2/c1-3-18(4-2)7-5-6-17-10-11-8-14(19(20)21)13(16)9-12(11)15/h8-9,17H,3-7,10H2,1-2H3. The third kappa shape index (κ3) is 5.35. The molecule has 0 spiro atoms. The van der Waals surface area contributed by atoms with Crippen LogP contribution in [0.1, 0.15) is 25.8 Å². The number of nitro groups is 1. The first-order valence-corrected chi connectivity index (χ1v) is 7.04. The number of halogens is 2. The van der Waals surface area contributed by atoms with E-state index in [2.05, 4.69) is 24.1 Å². The van der Waals surface area contributed by atoms with Crippen LogP contribution in [0.15, 0.2) is 12.1 Å². The van der Waals surface area contributed by atoms with E-state index in [1.807, 2.05) is 0 Å². The Morgan fingerprint density at radius 1 is 1.24 bits per heavy atom. The summed E-state index contributed by atoms with van der Waals surface area (Å²) < 4.78 is 26.7. The van der Waals surface area contributed by atoms with E-state index >= 15 is 0 Å². The molecule has 1 rings (SSSR count). The molecule has 0 aliphatic heterocycles. The van der Waals surface area contributed by atoms with E-state index in [-0.39, 0.29) is 12.1 Å². The van der Waals surface area contributed by atoms with Gasteiger partial charge in [0.1, 0.15) is 5.82 Å². The summed E-state index contributed by atoms with van der Waals surface area (Å²) in [6, 6.07) is 1.51. The minimum atomic E-state index is -1.15. The molecule has 0 fully saturated rings. The zero-order chi connectivity index (χ0) is 15.8. The molecule has 118 valence electrons. The lowest BCUT2D eigenvalue weighted by Crippen LogP contribution is -2.27. The molecule has 0 aliphatic rings. The minimum Gasteiger partial charge on any atom is -0.313 e. The number of benzene rings is 1. The van der Waals surface area contributed by atoms with Crippen LogP contribution >= 0.6 is 0 Å². The van der Waals surface area contributed by atoms with Gasteiger partial charge in [0, 0.05) is 24.2 Å². The van der Waals surface area contributed by atoms with Crippen molar-refractivity contribution in [2.24, 2.45) is 0 Å². The summed E-state index contributed by atoms with van der Waals surface area (Å²) in [6.07, 6.45) is 0.895. The zero-order valence-corrected chi connectivity index (χ0v) is 12.4. The normalized spacial score (nSPS) is 11.1. The third-order valence-electron chi connectivity index (χ3n) is 3.35. The Balaban J connectivity index is 2.49. The van der Waals surface area contributed by atoms with Crippen molar-refractivity contribution in [2.45, 2.75) is 26.8 Å². The van der Waals surface area contributed by atoms with Gasteiger partial charge in [0.2, 0.25) is 5.82 Å². The van der Waals surface area contributed by atoms with E-state index in [9.17, 15) is 18.9 Å². The van der Waals surface area contributed by atoms with Gasteiger partial charge >= 0.3 is 5.69 Å². The van der Waals surface area contributed by atoms with Gasteiger partial charge in [-0.05, 0) is 32.6 Å². The summed E-state index contributed by atoms with van der Waals surface area (Å²) in [6.45, 7) is 7.89. The number of rotatable bonds is 9. The summed E-state index contributed by atoms with van der Waals surface area (Å²) >= 11 is 0. The molecule has 0 atom stereocenters. The summed E-state index contributed by atoms with van der Waals surface area (Å²) in [7, 11) is 0. The van der Waals surface area contributed by atoms with Gasteiger partial charge in [0.05, 0.1) is 4.92 Å². The van der Waals surface area contributed by atoms with Crippen LogP contribution in [0.5, 0.6) is 0 Å². The molecule has 21 heavy (non-hydrogen) atoms. The Morgan fingerprint density at radius 2 is 1.90 bits per heavy atom. The third-order valence-corrected chi connectivity index (χ3v) is 3.35. The van der Waals surface area contributed by atoms with Gasteiger partial charge < -0.3 is 10.2 Å². The molecular weight excluding hydrogens is 280 g/mol. The monoisotopic (exact) mass is 301 g/mol. The lowest BCUT2D eigenvalue weighted by Gasteiger charge is -2.17. The molecule has 0 amide bonds. The maximum Gasteiger partial charge on any atom is 0.305 e. The fraction of sp³-hybridized carbons (Fsp3) is 0.571. The van der Waals surface area contributed by atoms with E-state index in [4.69, 9.17) is 0 Å². The highest BCUT2D eigenvalue weighted by Gasteiger charge is 2.18. The van der Waals surface area contributed by atoms with Crippen molar-refractivity contribution in [3.8, 4) is 0 Å². The second-order valence-corrected chi connectivity index (χ2v) is 4.71. The topological polar surface area (TPSA) is 58.4 Å². The predicted molar refractivity (Wildman–Crippen MR) is 77.1 cm³/mol. The van der Waals surface area contributed by atoms with Crippen LogP contribution in [0.2, 0.25) is 0 Å². The SMILES string of the molecule is CCN(CC)CCCNCc1cc([N+](=O)[O-])c(F)cc1F. The molecule has 1 N–H and O–H groups in total. The molecule has 0 saturated carbocycles. The lowest BCUT2D eigenvalue weighted by atomic mass is 10.1. The van der Waals surface area contributed by atoms with Gasteiger partial charge in [-0.15, -0.1) is 0 Å². The number of hydrogen-bond acceptors (Lipinski definition) is 4. The fourth-order valence-corrected chi connectivity index (χ4v) is 2.05. The molecule has 1 aromatic rings. The average molecular weight is 301 g/mol. The van der Waals surface area contributed by atoms with Crippen LogP contribution < -0.4 is 5.32 Å². The van der Waals surface area contributed by atoms with Crippen molar-refractivity contribution in [2.75, 3.05) is 26.2 Å². The maximum atomic E-state index is 13.5. The average Bonchev–Trinajstić information content (AvgIpc) is 2.44. The van der Waals surface area contributed by atoms with E-state index in [0.717, 1.165) is 32.1 Å². The first-order chi connectivity index (χ1) is 9.99.